The average Bonchev–Trinajstić information content (AvgIpc) is 1.58. The number of aryl methyl sites for hydroxylation is 1. The Bertz CT molecular complexity index is 4510. The lowest BCUT2D eigenvalue weighted by Gasteiger charge is -2.34. The van der Waals surface area contributed by atoms with Crippen LogP contribution in [0.1, 0.15) is 237 Å². The SMILES string of the molecule is Cc1cc(F)cc(-c2cc(C(C)(C)CC(C)(C)C)cc(-n3c4cc(C(C)(C)C)ccc4c4ccc(C(C)(C)C)cc43)c2O)c1OCCCOc1cc(C(C)(C)C)c(F)cc1-c1cc(C(C)(C)CC(C)(C)C)cc(-n2c3cc(C(C)(C)C)ccc3c3ccc(C(C)(C)C)cc32)c1O. The van der Waals surface area contributed by atoms with Crippen LogP contribution >= 0.6 is 0 Å². The number of phenolic OH excluding ortho intramolecular Hbond substituents is 2. The first-order valence-corrected chi connectivity index (χ1v) is 34.9. The Balaban J connectivity index is 1.10. The van der Waals surface area contributed by atoms with Crippen molar-refractivity contribution in [2.45, 2.75) is 237 Å². The monoisotopic (exact) mass is 1300 g/mol. The molecule has 8 heteroatoms. The smallest absolute Gasteiger partial charge is 0.147 e. The molecule has 2 heterocycles. The van der Waals surface area contributed by atoms with E-state index in [-0.39, 0.29) is 57.2 Å². The fourth-order valence-corrected chi connectivity index (χ4v) is 15.0. The van der Waals surface area contributed by atoms with Crippen LogP contribution in [0.2, 0.25) is 0 Å². The molecular formula is C88H110F2N2O4. The molecule has 0 unspecified atom stereocenters. The second kappa shape index (κ2) is 24.4. The number of halogens is 2. The number of hydrogen-bond donors (Lipinski definition) is 2. The van der Waals surface area contributed by atoms with E-state index in [0.29, 0.717) is 62.7 Å². The van der Waals surface area contributed by atoms with Crippen LogP contribution in [0.25, 0.3) is 77.2 Å². The zero-order valence-corrected chi connectivity index (χ0v) is 62.9. The summed E-state index contributed by atoms with van der Waals surface area (Å²) in [5, 5.41) is 31.0. The van der Waals surface area contributed by atoms with Crippen LogP contribution in [0.4, 0.5) is 8.78 Å². The summed E-state index contributed by atoms with van der Waals surface area (Å²) in [6.45, 7) is 57.4. The molecule has 0 saturated carbocycles. The zero-order valence-electron chi connectivity index (χ0n) is 62.9. The molecule has 96 heavy (non-hydrogen) atoms. The Kier molecular flexibility index (Phi) is 18.1. The van der Waals surface area contributed by atoms with Gasteiger partial charge in [-0.15, -0.1) is 0 Å². The lowest BCUT2D eigenvalue weighted by atomic mass is 9.71. The van der Waals surface area contributed by atoms with Gasteiger partial charge in [-0.05, 0) is 186 Å². The average molecular weight is 1300 g/mol. The first-order valence-electron chi connectivity index (χ1n) is 34.9. The number of hydrogen-bond acceptors (Lipinski definition) is 4. The molecule has 10 aromatic rings. The van der Waals surface area contributed by atoms with Gasteiger partial charge in [0.05, 0.1) is 46.7 Å². The highest BCUT2D eigenvalue weighted by Crippen LogP contribution is 2.52. The van der Waals surface area contributed by atoms with Gasteiger partial charge in [0.1, 0.15) is 34.6 Å². The van der Waals surface area contributed by atoms with Gasteiger partial charge in [-0.3, -0.25) is 0 Å². The number of aromatic hydroxyl groups is 2. The fraction of sp³-hybridized carbons (Fsp3) is 0.455. The summed E-state index contributed by atoms with van der Waals surface area (Å²) in [6, 6.07) is 41.5. The van der Waals surface area contributed by atoms with E-state index < -0.39 is 27.9 Å². The van der Waals surface area contributed by atoms with E-state index in [4.69, 9.17) is 9.47 Å². The lowest BCUT2D eigenvalue weighted by molar-refractivity contribution is 0.247. The van der Waals surface area contributed by atoms with Crippen molar-refractivity contribution >= 4 is 43.6 Å². The van der Waals surface area contributed by atoms with Crippen LogP contribution in [0.15, 0.2) is 121 Å². The summed E-state index contributed by atoms with van der Waals surface area (Å²) in [6.07, 6.45) is 2.04. The summed E-state index contributed by atoms with van der Waals surface area (Å²) in [7, 11) is 0. The summed E-state index contributed by atoms with van der Waals surface area (Å²) < 4.78 is 51.9. The van der Waals surface area contributed by atoms with Crippen molar-refractivity contribution in [3.8, 4) is 56.6 Å². The predicted molar refractivity (Wildman–Crippen MR) is 404 cm³/mol. The first-order chi connectivity index (χ1) is 44.0. The normalized spacial score (nSPS) is 13.5. The van der Waals surface area contributed by atoms with Crippen molar-refractivity contribution in [2.75, 3.05) is 13.2 Å². The lowest BCUT2D eigenvalue weighted by Crippen LogP contribution is -2.25. The standard InChI is InChI=1S/C88H110F2N2O4/c1-52-38-59(89)47-67(66-40-58(88(25,26)51-81(5,6)7)46-75(78(66)94)92-72-43-55(84(14,15)16)30-34-62(72)63-35-31-56(44-73(63)92)85(17,18)19)79(52)96-37-27-36-95-76-49-68(86(20,21)22)69(90)48-64(76)65-39-57(87(23,24)50-80(2,3)4)45-74(77(65)93)91-70-41-53(82(8,9)10)28-32-60(70)61-33-29-54(42-71(61)91)83(11,12)13/h28-35,38-49,93-94H,27,36-37,50-51H2,1-26H3. The van der Waals surface area contributed by atoms with Crippen molar-refractivity contribution in [1.82, 2.24) is 9.13 Å². The van der Waals surface area contributed by atoms with E-state index in [0.717, 1.165) is 67.6 Å². The van der Waals surface area contributed by atoms with Gasteiger partial charge in [-0.2, -0.15) is 0 Å². The van der Waals surface area contributed by atoms with Gasteiger partial charge in [0.2, 0.25) is 0 Å². The van der Waals surface area contributed by atoms with Crippen molar-refractivity contribution in [1.29, 1.82) is 0 Å². The Morgan fingerprint density at radius 2 is 0.719 bits per heavy atom. The van der Waals surface area contributed by atoms with E-state index in [1.165, 1.54) is 34.4 Å². The number of nitrogens with zero attached hydrogens (tertiary/aromatic N) is 2. The van der Waals surface area contributed by atoms with Crippen molar-refractivity contribution in [3.63, 3.8) is 0 Å². The van der Waals surface area contributed by atoms with Gasteiger partial charge in [0.25, 0.3) is 0 Å². The third kappa shape index (κ3) is 14.2. The Morgan fingerprint density at radius 1 is 0.365 bits per heavy atom. The molecule has 2 aromatic heterocycles. The maximum Gasteiger partial charge on any atom is 0.147 e. The minimum absolute atomic E-state index is 0.0153. The van der Waals surface area contributed by atoms with Crippen LogP contribution < -0.4 is 9.47 Å². The number of aromatic nitrogens is 2. The summed E-state index contributed by atoms with van der Waals surface area (Å²) in [4.78, 5) is 0. The van der Waals surface area contributed by atoms with Crippen molar-refractivity contribution in [3.05, 3.63) is 177 Å². The Morgan fingerprint density at radius 3 is 1.06 bits per heavy atom. The number of rotatable bonds is 14. The highest BCUT2D eigenvalue weighted by Gasteiger charge is 2.35. The molecule has 8 aromatic carbocycles. The van der Waals surface area contributed by atoms with Crippen LogP contribution in [0, 0.1) is 29.4 Å². The number of benzene rings is 8. The summed E-state index contributed by atoms with van der Waals surface area (Å²) in [5.41, 5.74) is 12.5. The maximum absolute atomic E-state index is 17.2. The van der Waals surface area contributed by atoms with Gasteiger partial charge < -0.3 is 28.8 Å². The van der Waals surface area contributed by atoms with E-state index in [2.05, 4.69) is 246 Å². The molecule has 0 spiro atoms. The van der Waals surface area contributed by atoms with Gasteiger partial charge in [-0.25, -0.2) is 8.78 Å². The molecule has 0 fully saturated rings. The molecule has 0 amide bonds. The second-order valence-electron chi connectivity index (χ2n) is 36.9. The molecule has 0 aliphatic rings. The minimum Gasteiger partial charge on any atom is -0.505 e. The van der Waals surface area contributed by atoms with Gasteiger partial charge in [0, 0.05) is 50.2 Å². The zero-order chi connectivity index (χ0) is 70.9. The van der Waals surface area contributed by atoms with E-state index in [1.54, 1.807) is 6.07 Å². The molecule has 510 valence electrons. The molecule has 2 N–H and O–H groups in total. The first kappa shape index (κ1) is 71.2. The van der Waals surface area contributed by atoms with Crippen LogP contribution in [0.5, 0.6) is 23.0 Å². The molecule has 0 aliphatic carbocycles. The highest BCUT2D eigenvalue weighted by molar-refractivity contribution is 6.11. The Labute approximate surface area is 573 Å². The summed E-state index contributed by atoms with van der Waals surface area (Å²) in [5.74, 6) is 0.0759. The quantitative estimate of drug-likeness (QED) is 0.106. The molecule has 0 aliphatic heterocycles. The topological polar surface area (TPSA) is 68.8 Å². The van der Waals surface area contributed by atoms with Gasteiger partial charge >= 0.3 is 0 Å². The molecule has 0 saturated heterocycles. The third-order valence-corrected chi connectivity index (χ3v) is 19.7. The number of fused-ring (bicyclic) bond motifs is 6. The van der Waals surface area contributed by atoms with Crippen LogP contribution in [0.3, 0.4) is 0 Å². The largest absolute Gasteiger partial charge is 0.505 e. The number of ether oxygens (including phenoxy) is 2. The molecular weight excluding hydrogens is 1190 g/mol. The minimum atomic E-state index is -0.598. The molecule has 6 nitrogen and oxygen atoms in total. The maximum atomic E-state index is 17.2. The number of phenols is 2. The molecule has 0 bridgehead atoms. The van der Waals surface area contributed by atoms with Crippen molar-refractivity contribution < 1.29 is 28.5 Å². The van der Waals surface area contributed by atoms with Crippen molar-refractivity contribution in [2.24, 2.45) is 10.8 Å². The van der Waals surface area contributed by atoms with Gasteiger partial charge in [0.15, 0.2) is 0 Å². The predicted octanol–water partition coefficient (Wildman–Crippen LogP) is 25.0. The fourth-order valence-electron chi connectivity index (χ4n) is 15.0. The molecule has 10 rings (SSSR count). The van der Waals surface area contributed by atoms with Crippen LogP contribution in [-0.4, -0.2) is 32.6 Å². The van der Waals surface area contributed by atoms with Crippen LogP contribution in [-0.2, 0) is 37.9 Å². The highest BCUT2D eigenvalue weighted by atomic mass is 19.1. The summed E-state index contributed by atoms with van der Waals surface area (Å²) >= 11 is 0. The van der Waals surface area contributed by atoms with E-state index in [1.807, 2.05) is 45.9 Å². The second-order valence-corrected chi connectivity index (χ2v) is 36.9. The van der Waals surface area contributed by atoms with Gasteiger partial charge in [-0.1, -0.05) is 222 Å². The molecule has 0 radical (unpaired) electrons. The van der Waals surface area contributed by atoms with E-state index >= 15 is 8.78 Å². The van der Waals surface area contributed by atoms with E-state index in [9.17, 15) is 10.2 Å². The molecule has 0 atom stereocenters. The third-order valence-electron chi connectivity index (χ3n) is 19.7. The Hall–Kier alpha value is -7.58.